The second-order valence-electron chi connectivity index (χ2n) is 42.5. The Kier molecular flexibility index (Phi) is 42.2. The van der Waals surface area contributed by atoms with Gasteiger partial charge in [0.25, 0.3) is 0 Å². The topological polar surface area (TPSA) is 366 Å². The number of carboxylic acid groups (broad SMARTS) is 1. The number of likely N-dealkylation sites (tertiary alicyclic amines) is 2. The van der Waals surface area contributed by atoms with Crippen LogP contribution in [0.3, 0.4) is 0 Å². The maximum atomic E-state index is 15.5. The van der Waals surface area contributed by atoms with Crippen molar-refractivity contribution in [2.24, 2.45) is 17.8 Å². The lowest BCUT2D eigenvalue weighted by molar-refractivity contribution is -0.142. The van der Waals surface area contributed by atoms with Crippen LogP contribution in [0.1, 0.15) is 243 Å². The van der Waals surface area contributed by atoms with Crippen LogP contribution in [0.4, 0.5) is 48.6 Å². The molecule has 0 unspecified atom stereocenters. The van der Waals surface area contributed by atoms with Crippen LogP contribution in [-0.4, -0.2) is 181 Å². The van der Waals surface area contributed by atoms with E-state index in [0.29, 0.717) is 122 Å². The molecule has 800 valence electrons. The zero-order chi connectivity index (χ0) is 111. The third-order valence-corrected chi connectivity index (χ3v) is 29.7. The molecule has 9 aromatic rings. The van der Waals surface area contributed by atoms with Crippen LogP contribution in [0.2, 0.25) is 20.1 Å². The number of Topliss-reactive ketones (excluding diaryl/α,β-unsaturated/α-hetero) is 6. The van der Waals surface area contributed by atoms with Crippen LogP contribution in [0, 0.1) is 46.8 Å². The van der Waals surface area contributed by atoms with Crippen LogP contribution in [0.15, 0.2) is 173 Å². The summed E-state index contributed by atoms with van der Waals surface area (Å²) < 4.78 is 105. The number of rotatable bonds is 16. The number of halogens is 12. The molecule has 5 aliphatic heterocycles. The van der Waals surface area contributed by atoms with Crippen molar-refractivity contribution in [3.63, 3.8) is 0 Å². The number of fused-ring (bicyclic) bond motifs is 3. The number of aliphatic hydroxyl groups is 2. The van der Waals surface area contributed by atoms with Gasteiger partial charge in [-0.3, -0.25) is 38.6 Å². The molecule has 17 rings (SSSR count). The number of hydrogen-bond acceptors (Lipinski definition) is 21. The Labute approximate surface area is 913 Å². The number of piperidine rings is 3. The van der Waals surface area contributed by atoms with Crippen molar-refractivity contribution in [2.75, 3.05) is 17.2 Å². The Hall–Kier alpha value is -9.62. The number of hydrogen-bond donors (Lipinski definition) is 7. The highest BCUT2D eigenvalue weighted by atomic mass is 79.9. The van der Waals surface area contributed by atoms with Gasteiger partial charge in [-0.05, 0) is 349 Å². The fraction of sp³-hybridized carbons (Fsp3) is 0.427. The number of nitrogen functional groups attached to an aromatic ring is 3. The molecule has 0 spiro atoms. The SMILES string of the molecule is CC(=O)c1ccc(Cl)c(-c2cccc(CC(=O)[C@@H]3C[C@H]4C[C@H]4N3)c2F)c1.CC(=O)c1ccc(Cl)c(-c2cccc(CC(=O)[C@@H]3C[C@H]4C[C@H]4N3C(=O)OC(C)(C)C)c2F)c1.CC(=O)c1ccc(Cl)c(-c2cccc(N)c2F)c1.CC(=O)c1ccc(Cl)c(Br)c1.CC(C)(C)OC(=O)N1[C@@H]2C[C@@H]2C[C@H]1C(=O)O.CC(C)(O)C(C)(C)O.CC1(C)OB(c2cccc(N)c2F)OC1(C)C.Cl.Nc1cccc(Br)c1F.[B]B1OC(C)(C)C(C)(C)O1. The number of anilines is 3. The molecule has 24 nitrogen and oxygen atoms in total. The zero-order valence-electron chi connectivity index (χ0n) is 87.3. The van der Waals surface area contributed by atoms with E-state index in [9.17, 15) is 56.3 Å². The molecule has 2 amide bonds. The van der Waals surface area contributed by atoms with Crippen LogP contribution in [-0.2, 0) is 55.3 Å². The molecule has 8 aliphatic rings. The molecule has 0 bridgehead atoms. The van der Waals surface area contributed by atoms with Crippen molar-refractivity contribution in [3.05, 3.63) is 255 Å². The predicted molar refractivity (Wildman–Crippen MR) is 586 cm³/mol. The maximum absolute atomic E-state index is 15.5. The third-order valence-electron chi connectivity index (χ3n) is 26.9. The summed E-state index contributed by atoms with van der Waals surface area (Å²) in [5.74, 6) is -2.54. The van der Waals surface area contributed by atoms with Gasteiger partial charge in [-0.25, -0.2) is 36.3 Å². The van der Waals surface area contributed by atoms with Crippen LogP contribution in [0.25, 0.3) is 33.4 Å². The van der Waals surface area contributed by atoms with Gasteiger partial charge in [0.15, 0.2) is 46.3 Å². The fourth-order valence-corrected chi connectivity index (χ4v) is 17.6. The van der Waals surface area contributed by atoms with Gasteiger partial charge in [-0.15, -0.1) is 12.4 Å². The van der Waals surface area contributed by atoms with E-state index in [-0.39, 0.29) is 117 Å². The molecular weight excluding hydrogens is 2160 g/mol. The van der Waals surface area contributed by atoms with Crippen molar-refractivity contribution in [1.29, 1.82) is 0 Å². The number of ether oxygens (including phenoxy) is 2. The van der Waals surface area contributed by atoms with Crippen molar-refractivity contribution >= 4 is 188 Å². The summed E-state index contributed by atoms with van der Waals surface area (Å²) in [5, 5.41) is 32.2. The van der Waals surface area contributed by atoms with E-state index in [4.69, 9.17) is 115 Å². The third kappa shape index (κ3) is 33.0. The summed E-state index contributed by atoms with van der Waals surface area (Å²) in [6.07, 6.45) is 3.87. The lowest BCUT2D eigenvalue weighted by Crippen LogP contribution is -2.46. The predicted octanol–water partition coefficient (Wildman–Crippen LogP) is 24.3. The molecule has 10 N–H and O–H groups in total. The Balaban J connectivity index is 0.000000212. The van der Waals surface area contributed by atoms with Crippen LogP contribution in [0.5, 0.6) is 0 Å². The first kappa shape index (κ1) is 125. The minimum atomic E-state index is -1.01. The molecule has 5 heterocycles. The minimum Gasteiger partial charge on any atom is -0.480 e. The average molecular weight is 2290 g/mol. The Morgan fingerprint density at radius 2 is 0.772 bits per heavy atom. The number of benzene rings is 9. The first-order valence-corrected chi connectivity index (χ1v) is 51.2. The number of nitrogens with two attached hydrogens (primary N) is 3. The summed E-state index contributed by atoms with van der Waals surface area (Å²) >= 11 is 30.5. The molecule has 149 heavy (non-hydrogen) atoms. The van der Waals surface area contributed by atoms with Crippen LogP contribution < -0.4 is 28.0 Å². The first-order chi connectivity index (χ1) is 68.4. The molecule has 8 fully saturated rings. The van der Waals surface area contributed by atoms with Gasteiger partial charge in [-0.1, -0.05) is 113 Å². The van der Waals surface area contributed by atoms with Gasteiger partial charge in [0.2, 0.25) is 0 Å². The molecule has 9 aromatic carbocycles. The van der Waals surface area contributed by atoms with Gasteiger partial charge in [-0.2, -0.15) is 0 Å². The Morgan fingerprint density at radius 1 is 0.430 bits per heavy atom. The van der Waals surface area contributed by atoms with Gasteiger partial charge in [0, 0.05) is 112 Å². The van der Waals surface area contributed by atoms with Crippen molar-refractivity contribution < 1.29 is 109 Å². The lowest BCUT2D eigenvalue weighted by atomic mass is 9.63. The highest BCUT2D eigenvalue weighted by Gasteiger charge is 2.59. The zero-order valence-corrected chi connectivity index (χ0v) is 94.3. The quantitative estimate of drug-likeness (QED) is 0.0204. The Morgan fingerprint density at radius 3 is 1.12 bits per heavy atom. The summed E-state index contributed by atoms with van der Waals surface area (Å²) in [5.41, 5.74) is 17.0. The maximum Gasteiger partial charge on any atom is 0.497 e. The lowest BCUT2D eigenvalue weighted by Gasteiger charge is -2.32. The second-order valence-corrected chi connectivity index (χ2v) is 45.9. The molecule has 3 aliphatic carbocycles. The number of amides is 2. The molecule has 39 heteroatoms. The van der Waals surface area contributed by atoms with Gasteiger partial charge in [0.1, 0.15) is 42.4 Å². The fourth-order valence-electron chi connectivity index (χ4n) is 16.1. The smallest absolute Gasteiger partial charge is 0.480 e. The van der Waals surface area contributed by atoms with Crippen molar-refractivity contribution in [2.45, 2.75) is 285 Å². The molecular formula is C110H129B3Br2Cl5F5N6O18. The highest BCUT2D eigenvalue weighted by Crippen LogP contribution is 2.51. The number of nitrogens with one attached hydrogen (secondary N) is 1. The van der Waals surface area contributed by atoms with Gasteiger partial charge < -0.3 is 65.9 Å². The average Bonchev–Trinajstić information content (AvgIpc) is 1.59. The molecule has 0 aromatic heterocycles. The Bertz CT molecular complexity index is 6370. The van der Waals surface area contributed by atoms with E-state index >= 15 is 8.78 Å². The van der Waals surface area contributed by atoms with E-state index < -0.39 is 107 Å². The van der Waals surface area contributed by atoms with Crippen LogP contribution >= 0.6 is 90.7 Å². The first-order valence-electron chi connectivity index (χ1n) is 48.1. The highest BCUT2D eigenvalue weighted by molar-refractivity contribution is 9.10. The van der Waals surface area contributed by atoms with E-state index in [0.717, 1.165) is 30.2 Å². The number of nitrogens with zero attached hydrogens (tertiary/aromatic N) is 2. The van der Waals surface area contributed by atoms with Crippen molar-refractivity contribution in [3.8, 4) is 33.4 Å². The molecule has 2 radical (unpaired) electrons. The number of carbonyl (C=O) groups excluding carboxylic acids is 8. The van der Waals surface area contributed by atoms with Crippen molar-refractivity contribution in [1.82, 2.24) is 15.1 Å². The van der Waals surface area contributed by atoms with Gasteiger partial charge in [0.05, 0.1) is 72.2 Å². The van der Waals surface area contributed by atoms with E-state index in [1.54, 1.807) is 220 Å². The number of carboxylic acids is 1. The molecule has 3 saturated carbocycles. The standard InChI is InChI=1S/C26H27ClFNO4.C21H19ClFNO2.C14H11ClFNO.C12H17BFNO2.C11H17NO4.C8H6BrClO.C6H12B2O2.C6H5BrFN.C6H14O2.ClH/c1-14(30)15-8-9-20(27)19(10-15)18-7-5-6-16(24(18)28)13-23(31)22-12-17-11-21(17)29(22)25(32)33-26(2,3)4;1-11(25)12-5-6-17(22)16(7-12)15-4-2-3-13(21(15)23)10-20(26)19-9-14-8-18(14)24-19;1-8(18)9-5-6-12(15)11(7-9)10-3-2-4-13(17)14(10)16;1-11(2)12(3,4)17-13(16-11)8-6-5-7-9(15)10(8)14;1-11(2,3)16-10(15)12-7-4-6(7)5-8(12)9(13)14;1-5(11)6-2-3-8(10)7(9)4-6;1-5(2)6(3,4)10-8(7)9-5;7-4-2-1-3-5(9)6(4)8;1-5(2,7)6(3,4)8;/h5-10,17,21-22H,11-13H2,1-4H3;2-7,14,18-19,24H,8-10H2,1H3;2-7H,17H2,1H3;5-7H,15H2,1-4H3;6-8H,4-5H2,1-3H3,(H,13,14);2-4H,1H3;1-4H3;1-3H,9H2;7-8H,1-4H3;1H/t17-,21-,22+;14-,18-,19+;;;6-,7-,8+;;;;;/m11..1...../s1. The summed E-state index contributed by atoms with van der Waals surface area (Å²) in [7, 11) is 4.17. The normalized spacial score (nSPS) is 20.1. The summed E-state index contributed by atoms with van der Waals surface area (Å²) in [6.45, 7) is 38.5. The molecule has 9 atom stereocenters. The summed E-state index contributed by atoms with van der Waals surface area (Å²) in [4.78, 5) is 110. The molecule has 5 saturated heterocycles. The monoisotopic (exact) mass is 2280 g/mol. The van der Waals surface area contributed by atoms with E-state index in [1.807, 2.05) is 55.4 Å². The van der Waals surface area contributed by atoms with Gasteiger partial charge >= 0.3 is 32.3 Å². The number of carbonyl (C=O) groups is 9. The van der Waals surface area contributed by atoms with E-state index in [2.05, 4.69) is 37.2 Å². The minimum absolute atomic E-state index is 0. The largest absolute Gasteiger partial charge is 0.497 e. The second kappa shape index (κ2) is 50.5. The summed E-state index contributed by atoms with van der Waals surface area (Å²) in [6, 6.07) is 42.7. The van der Waals surface area contributed by atoms with E-state index in [1.165, 1.54) is 50.8 Å². The number of ketones is 6. The number of aliphatic carboxylic acids is 1.